The first kappa shape index (κ1) is 10.7. The van der Waals surface area contributed by atoms with Crippen molar-refractivity contribution >= 4 is 5.97 Å². The van der Waals surface area contributed by atoms with Gasteiger partial charge in [0.1, 0.15) is 0 Å². The average molecular weight is 215 g/mol. The highest BCUT2D eigenvalue weighted by Gasteiger charge is 2.39. The summed E-state index contributed by atoms with van der Waals surface area (Å²) in [6.45, 7) is 0. The minimum absolute atomic E-state index is 0.353. The maximum Gasteiger partial charge on any atom is 0.337 e. The van der Waals surface area contributed by atoms with Gasteiger partial charge in [-0.1, -0.05) is 12.1 Å². The Kier molecular flexibility index (Phi) is 2.66. The molecular formula is C13H13NO2. The van der Waals surface area contributed by atoms with E-state index in [1.54, 1.807) is 18.2 Å². The molecule has 0 unspecified atom stereocenters. The van der Waals surface area contributed by atoms with Crippen molar-refractivity contribution < 1.29 is 9.53 Å². The quantitative estimate of drug-likeness (QED) is 0.712. The summed E-state index contributed by atoms with van der Waals surface area (Å²) in [7, 11) is 1.36. The molecule has 1 aliphatic rings. The van der Waals surface area contributed by atoms with Gasteiger partial charge in [-0.2, -0.15) is 5.26 Å². The molecule has 1 saturated carbocycles. The molecule has 0 saturated heterocycles. The highest BCUT2D eigenvalue weighted by atomic mass is 16.5. The zero-order chi connectivity index (χ0) is 11.6. The van der Waals surface area contributed by atoms with Crippen LogP contribution in [0.5, 0.6) is 0 Å². The van der Waals surface area contributed by atoms with E-state index in [-0.39, 0.29) is 11.4 Å². The lowest BCUT2D eigenvalue weighted by molar-refractivity contribution is 0.0600. The number of ether oxygens (including phenoxy) is 1. The van der Waals surface area contributed by atoms with Gasteiger partial charge in [0.15, 0.2) is 0 Å². The molecule has 0 atom stereocenters. The van der Waals surface area contributed by atoms with Crippen LogP contribution in [-0.4, -0.2) is 13.1 Å². The number of nitrogens with zero attached hydrogens (tertiary/aromatic N) is 1. The molecule has 0 radical (unpaired) electrons. The van der Waals surface area contributed by atoms with Crippen LogP contribution in [0.15, 0.2) is 24.3 Å². The van der Waals surface area contributed by atoms with Crippen molar-refractivity contribution in [3.8, 4) is 6.07 Å². The minimum Gasteiger partial charge on any atom is -0.465 e. The largest absolute Gasteiger partial charge is 0.465 e. The van der Waals surface area contributed by atoms with E-state index in [1.165, 1.54) is 7.11 Å². The third-order valence-corrected chi connectivity index (χ3v) is 3.26. The van der Waals surface area contributed by atoms with Crippen molar-refractivity contribution in [1.29, 1.82) is 5.26 Å². The molecule has 0 aliphatic heterocycles. The van der Waals surface area contributed by atoms with Gasteiger partial charge in [0, 0.05) is 0 Å². The van der Waals surface area contributed by atoms with E-state index in [2.05, 4.69) is 10.8 Å². The van der Waals surface area contributed by atoms with Crippen LogP contribution < -0.4 is 0 Å². The normalized spacial score (nSPS) is 17.0. The molecule has 3 heteroatoms. The van der Waals surface area contributed by atoms with Gasteiger partial charge >= 0.3 is 5.97 Å². The predicted octanol–water partition coefficient (Wildman–Crippen LogP) is 2.42. The van der Waals surface area contributed by atoms with Gasteiger partial charge < -0.3 is 4.74 Å². The molecule has 3 nitrogen and oxygen atoms in total. The maximum absolute atomic E-state index is 11.4. The van der Waals surface area contributed by atoms with Gasteiger partial charge in [-0.3, -0.25) is 0 Å². The summed E-state index contributed by atoms with van der Waals surface area (Å²) in [4.78, 5) is 11.4. The average Bonchev–Trinajstić information content (AvgIpc) is 2.28. The number of carbonyl (C=O) groups excluding carboxylic acids is 1. The van der Waals surface area contributed by atoms with Crippen LogP contribution in [0.4, 0.5) is 0 Å². The highest BCUT2D eigenvalue weighted by molar-refractivity contribution is 5.89. The first-order valence-corrected chi connectivity index (χ1v) is 5.32. The number of carbonyl (C=O) groups is 1. The number of methoxy groups -OCH3 is 1. The molecule has 1 aromatic carbocycles. The molecule has 16 heavy (non-hydrogen) atoms. The minimum atomic E-state index is -0.371. The fraction of sp³-hybridized carbons (Fsp3) is 0.385. The highest BCUT2D eigenvalue weighted by Crippen LogP contribution is 2.43. The number of esters is 1. The summed E-state index contributed by atoms with van der Waals surface area (Å²) >= 11 is 0. The van der Waals surface area contributed by atoms with E-state index < -0.39 is 0 Å². The van der Waals surface area contributed by atoms with Gasteiger partial charge in [0.25, 0.3) is 0 Å². The van der Waals surface area contributed by atoms with Gasteiger partial charge in [-0.25, -0.2) is 4.79 Å². The van der Waals surface area contributed by atoms with Crippen LogP contribution in [0.1, 0.15) is 35.2 Å². The Morgan fingerprint density at radius 1 is 1.50 bits per heavy atom. The Morgan fingerprint density at radius 2 is 2.25 bits per heavy atom. The standard InChI is InChI=1S/C13H13NO2/c1-16-12(15)10-4-2-5-11(8-10)13(9-14)6-3-7-13/h2,4-5,8H,3,6-7H2,1H3. The Bertz CT molecular complexity index is 455. The van der Waals surface area contributed by atoms with Crippen molar-refractivity contribution in [1.82, 2.24) is 0 Å². The molecule has 1 fully saturated rings. The molecular weight excluding hydrogens is 202 g/mol. The van der Waals surface area contributed by atoms with Crippen molar-refractivity contribution in [3.63, 3.8) is 0 Å². The fourth-order valence-electron chi connectivity index (χ4n) is 2.06. The summed E-state index contributed by atoms with van der Waals surface area (Å²) in [5, 5.41) is 9.21. The fourth-order valence-corrected chi connectivity index (χ4v) is 2.06. The van der Waals surface area contributed by atoms with E-state index in [9.17, 15) is 10.1 Å². The summed E-state index contributed by atoms with van der Waals surface area (Å²) in [5.74, 6) is -0.353. The molecule has 0 bridgehead atoms. The van der Waals surface area contributed by atoms with Crippen molar-refractivity contribution in [2.24, 2.45) is 0 Å². The summed E-state index contributed by atoms with van der Waals surface area (Å²) < 4.78 is 4.67. The van der Waals surface area contributed by atoms with Crippen molar-refractivity contribution in [2.45, 2.75) is 24.7 Å². The summed E-state index contributed by atoms with van der Waals surface area (Å²) in [6, 6.07) is 9.56. The van der Waals surface area contributed by atoms with Gasteiger partial charge in [0.2, 0.25) is 0 Å². The monoisotopic (exact) mass is 215 g/mol. The van der Waals surface area contributed by atoms with Crippen LogP contribution in [0.3, 0.4) is 0 Å². The SMILES string of the molecule is COC(=O)c1cccc(C2(C#N)CCC2)c1. The summed E-state index contributed by atoms with van der Waals surface area (Å²) in [5.41, 5.74) is 1.08. The van der Waals surface area contributed by atoms with Crippen LogP contribution in [0, 0.1) is 11.3 Å². The number of hydrogen-bond donors (Lipinski definition) is 0. The molecule has 0 N–H and O–H groups in total. The molecule has 0 spiro atoms. The lowest BCUT2D eigenvalue weighted by atomic mass is 9.65. The molecule has 1 aliphatic carbocycles. The van der Waals surface area contributed by atoms with Gasteiger partial charge in [-0.05, 0) is 37.0 Å². The van der Waals surface area contributed by atoms with E-state index >= 15 is 0 Å². The van der Waals surface area contributed by atoms with E-state index in [1.807, 2.05) is 6.07 Å². The Hall–Kier alpha value is -1.82. The first-order chi connectivity index (χ1) is 7.72. The third kappa shape index (κ3) is 1.57. The molecule has 0 heterocycles. The Balaban J connectivity index is 2.36. The maximum atomic E-state index is 11.4. The topological polar surface area (TPSA) is 50.1 Å². The van der Waals surface area contributed by atoms with Crippen molar-refractivity contribution in [2.75, 3.05) is 7.11 Å². The second-order valence-corrected chi connectivity index (χ2v) is 4.12. The first-order valence-electron chi connectivity index (χ1n) is 5.32. The Labute approximate surface area is 94.6 Å². The number of benzene rings is 1. The molecule has 82 valence electrons. The molecule has 0 amide bonds. The second kappa shape index (κ2) is 3.97. The van der Waals surface area contributed by atoms with Crippen molar-refractivity contribution in [3.05, 3.63) is 35.4 Å². The third-order valence-electron chi connectivity index (χ3n) is 3.26. The van der Waals surface area contributed by atoms with E-state index in [0.29, 0.717) is 5.56 Å². The lowest BCUT2D eigenvalue weighted by Crippen LogP contribution is -2.32. The number of nitriles is 1. The number of rotatable bonds is 2. The second-order valence-electron chi connectivity index (χ2n) is 4.12. The van der Waals surface area contributed by atoms with Crippen LogP contribution >= 0.6 is 0 Å². The predicted molar refractivity (Wildman–Crippen MR) is 58.9 cm³/mol. The van der Waals surface area contributed by atoms with E-state index in [0.717, 1.165) is 24.8 Å². The van der Waals surface area contributed by atoms with E-state index in [4.69, 9.17) is 0 Å². The molecule has 2 rings (SSSR count). The zero-order valence-electron chi connectivity index (χ0n) is 9.19. The lowest BCUT2D eigenvalue weighted by Gasteiger charge is -2.35. The van der Waals surface area contributed by atoms with Gasteiger partial charge in [-0.15, -0.1) is 0 Å². The van der Waals surface area contributed by atoms with Crippen LogP contribution in [-0.2, 0) is 10.2 Å². The number of hydrogen-bond acceptors (Lipinski definition) is 3. The zero-order valence-corrected chi connectivity index (χ0v) is 9.19. The molecule has 0 aromatic heterocycles. The van der Waals surface area contributed by atoms with Crippen LogP contribution in [0.25, 0.3) is 0 Å². The Morgan fingerprint density at radius 3 is 2.75 bits per heavy atom. The van der Waals surface area contributed by atoms with Crippen LogP contribution in [0.2, 0.25) is 0 Å². The smallest absolute Gasteiger partial charge is 0.337 e. The van der Waals surface area contributed by atoms with Gasteiger partial charge in [0.05, 0.1) is 24.2 Å². The summed E-state index contributed by atoms with van der Waals surface area (Å²) in [6.07, 6.45) is 2.85. The molecule has 1 aromatic rings.